The fraction of sp³-hybridized carbons (Fsp3) is 0.312. The number of rotatable bonds is 5. The smallest absolute Gasteiger partial charge is 0.196 e. The molecule has 0 aliphatic heterocycles. The highest BCUT2D eigenvalue weighted by Gasteiger charge is 2.15. The third-order valence-corrected chi connectivity index (χ3v) is 2.87. The van der Waals surface area contributed by atoms with Crippen molar-refractivity contribution in [2.24, 2.45) is 0 Å². The third-order valence-electron chi connectivity index (χ3n) is 2.87. The van der Waals surface area contributed by atoms with Crippen LogP contribution in [0.15, 0.2) is 34.7 Å². The maximum atomic E-state index is 12.3. The lowest BCUT2D eigenvalue weighted by Gasteiger charge is -2.05. The van der Waals surface area contributed by atoms with E-state index in [0.29, 0.717) is 23.5 Å². The van der Waals surface area contributed by atoms with Gasteiger partial charge < -0.3 is 9.15 Å². The molecule has 0 aliphatic rings. The molecule has 1 aromatic carbocycles. The molecule has 0 atom stereocenters. The minimum absolute atomic E-state index is 0.0172. The van der Waals surface area contributed by atoms with Crippen LogP contribution >= 0.6 is 0 Å². The van der Waals surface area contributed by atoms with E-state index in [4.69, 9.17) is 9.15 Å². The molecule has 0 saturated carbocycles. The number of ether oxygens (including phenoxy) is 1. The second-order valence-corrected chi connectivity index (χ2v) is 4.53. The predicted octanol–water partition coefficient (Wildman–Crippen LogP) is 3.92. The standard InChI is InChI=1S/C16H18O3/c1-4-9-18-14-7-5-13(6-8-14)16(17)15-10-11(2)19-12(15)3/h5-8,10H,4,9H2,1-3H3. The Morgan fingerprint density at radius 3 is 2.42 bits per heavy atom. The van der Waals surface area contributed by atoms with E-state index in [1.54, 1.807) is 25.1 Å². The van der Waals surface area contributed by atoms with Crippen LogP contribution in [-0.2, 0) is 0 Å². The molecule has 1 aromatic heterocycles. The summed E-state index contributed by atoms with van der Waals surface area (Å²) < 4.78 is 10.9. The molecule has 3 nitrogen and oxygen atoms in total. The molecule has 0 radical (unpaired) electrons. The first kappa shape index (κ1) is 13.4. The summed E-state index contributed by atoms with van der Waals surface area (Å²) in [5.41, 5.74) is 1.27. The SMILES string of the molecule is CCCOc1ccc(C(=O)c2cc(C)oc2C)cc1. The number of furan rings is 1. The fourth-order valence-electron chi connectivity index (χ4n) is 1.93. The molecule has 0 amide bonds. The van der Waals surface area contributed by atoms with Gasteiger partial charge in [0.2, 0.25) is 0 Å². The Balaban J connectivity index is 2.18. The molecule has 0 bridgehead atoms. The molecule has 2 aromatic rings. The lowest BCUT2D eigenvalue weighted by Crippen LogP contribution is -2.02. The lowest BCUT2D eigenvalue weighted by atomic mass is 10.0. The molecule has 3 heteroatoms. The van der Waals surface area contributed by atoms with Crippen molar-refractivity contribution in [2.75, 3.05) is 6.61 Å². The second kappa shape index (κ2) is 5.74. The summed E-state index contributed by atoms with van der Waals surface area (Å²) in [6.07, 6.45) is 0.966. The van der Waals surface area contributed by atoms with E-state index >= 15 is 0 Å². The Bertz CT molecular complexity index is 564. The first-order chi connectivity index (χ1) is 9.11. The zero-order valence-electron chi connectivity index (χ0n) is 11.5. The molecule has 19 heavy (non-hydrogen) atoms. The highest BCUT2D eigenvalue weighted by Crippen LogP contribution is 2.20. The highest BCUT2D eigenvalue weighted by atomic mass is 16.5. The van der Waals surface area contributed by atoms with E-state index < -0.39 is 0 Å². The number of ketones is 1. The van der Waals surface area contributed by atoms with Crippen LogP contribution in [0.2, 0.25) is 0 Å². The van der Waals surface area contributed by atoms with Crippen molar-refractivity contribution in [2.45, 2.75) is 27.2 Å². The van der Waals surface area contributed by atoms with Crippen molar-refractivity contribution in [3.63, 3.8) is 0 Å². The minimum atomic E-state index is -0.0172. The molecule has 0 unspecified atom stereocenters. The second-order valence-electron chi connectivity index (χ2n) is 4.53. The fourth-order valence-corrected chi connectivity index (χ4v) is 1.93. The number of benzene rings is 1. The summed E-state index contributed by atoms with van der Waals surface area (Å²) in [4.78, 5) is 12.3. The Labute approximate surface area is 113 Å². The maximum absolute atomic E-state index is 12.3. The number of aryl methyl sites for hydroxylation is 2. The predicted molar refractivity (Wildman–Crippen MR) is 73.8 cm³/mol. The van der Waals surface area contributed by atoms with Crippen molar-refractivity contribution >= 4 is 5.78 Å². The molecule has 0 saturated heterocycles. The average Bonchev–Trinajstić information content (AvgIpc) is 2.75. The molecule has 1 heterocycles. The van der Waals surface area contributed by atoms with E-state index in [2.05, 4.69) is 6.92 Å². The summed E-state index contributed by atoms with van der Waals surface area (Å²) >= 11 is 0. The van der Waals surface area contributed by atoms with Crippen molar-refractivity contribution in [3.8, 4) is 5.75 Å². The first-order valence-corrected chi connectivity index (χ1v) is 6.46. The van der Waals surface area contributed by atoms with Crippen molar-refractivity contribution in [3.05, 3.63) is 53.0 Å². The van der Waals surface area contributed by atoms with Gasteiger partial charge in [-0.2, -0.15) is 0 Å². The quantitative estimate of drug-likeness (QED) is 0.763. The van der Waals surface area contributed by atoms with Crippen LogP contribution in [0.4, 0.5) is 0 Å². The molecular formula is C16H18O3. The van der Waals surface area contributed by atoms with Gasteiger partial charge in [-0.3, -0.25) is 4.79 Å². The number of carbonyl (C=O) groups excluding carboxylic acids is 1. The average molecular weight is 258 g/mol. The summed E-state index contributed by atoms with van der Waals surface area (Å²) in [6, 6.07) is 9.00. The van der Waals surface area contributed by atoms with Gasteiger partial charge in [0, 0.05) is 5.56 Å². The van der Waals surface area contributed by atoms with Crippen molar-refractivity contribution < 1.29 is 13.9 Å². The molecular weight excluding hydrogens is 240 g/mol. The van der Waals surface area contributed by atoms with Gasteiger partial charge in [-0.25, -0.2) is 0 Å². The Morgan fingerprint density at radius 2 is 1.89 bits per heavy atom. The van der Waals surface area contributed by atoms with Crippen LogP contribution in [0.5, 0.6) is 5.75 Å². The summed E-state index contributed by atoms with van der Waals surface area (Å²) in [5, 5.41) is 0. The van der Waals surface area contributed by atoms with E-state index in [9.17, 15) is 4.79 Å². The zero-order chi connectivity index (χ0) is 13.8. The molecule has 2 rings (SSSR count). The number of hydrogen-bond donors (Lipinski definition) is 0. The van der Waals surface area contributed by atoms with Gasteiger partial charge in [0.1, 0.15) is 17.3 Å². The van der Waals surface area contributed by atoms with Crippen molar-refractivity contribution in [1.82, 2.24) is 0 Å². The normalized spacial score (nSPS) is 10.5. The van der Waals surface area contributed by atoms with Crippen molar-refractivity contribution in [1.29, 1.82) is 0 Å². The summed E-state index contributed by atoms with van der Waals surface area (Å²) in [6.45, 7) is 6.39. The van der Waals surface area contributed by atoms with Crippen LogP contribution in [0, 0.1) is 13.8 Å². The minimum Gasteiger partial charge on any atom is -0.494 e. The lowest BCUT2D eigenvalue weighted by molar-refractivity contribution is 0.103. The van der Waals surface area contributed by atoms with Gasteiger partial charge in [0.25, 0.3) is 0 Å². The van der Waals surface area contributed by atoms with Crippen LogP contribution in [-0.4, -0.2) is 12.4 Å². The van der Waals surface area contributed by atoms with Crippen LogP contribution in [0.1, 0.15) is 40.8 Å². The van der Waals surface area contributed by atoms with Gasteiger partial charge in [-0.1, -0.05) is 6.92 Å². The highest BCUT2D eigenvalue weighted by molar-refractivity contribution is 6.09. The number of carbonyl (C=O) groups is 1. The van der Waals surface area contributed by atoms with E-state index in [-0.39, 0.29) is 5.78 Å². The monoisotopic (exact) mass is 258 g/mol. The summed E-state index contributed by atoms with van der Waals surface area (Å²) in [5.74, 6) is 2.19. The molecule has 0 aliphatic carbocycles. The number of hydrogen-bond acceptors (Lipinski definition) is 3. The van der Waals surface area contributed by atoms with Gasteiger partial charge in [-0.15, -0.1) is 0 Å². The van der Waals surface area contributed by atoms with Gasteiger partial charge >= 0.3 is 0 Å². The molecule has 0 spiro atoms. The summed E-state index contributed by atoms with van der Waals surface area (Å²) in [7, 11) is 0. The van der Waals surface area contributed by atoms with E-state index in [1.807, 2.05) is 19.1 Å². The van der Waals surface area contributed by atoms with Gasteiger partial charge in [0.05, 0.1) is 12.2 Å². The Morgan fingerprint density at radius 1 is 1.21 bits per heavy atom. The Hall–Kier alpha value is -2.03. The maximum Gasteiger partial charge on any atom is 0.196 e. The largest absolute Gasteiger partial charge is 0.494 e. The van der Waals surface area contributed by atoms with E-state index in [1.165, 1.54) is 0 Å². The zero-order valence-corrected chi connectivity index (χ0v) is 11.5. The molecule has 0 fully saturated rings. The van der Waals surface area contributed by atoms with E-state index in [0.717, 1.165) is 17.9 Å². The molecule has 0 N–H and O–H groups in total. The first-order valence-electron chi connectivity index (χ1n) is 6.46. The van der Waals surface area contributed by atoms with Gasteiger partial charge in [-0.05, 0) is 50.6 Å². The van der Waals surface area contributed by atoms with Crippen LogP contribution in [0.25, 0.3) is 0 Å². The molecule has 100 valence electrons. The van der Waals surface area contributed by atoms with Crippen LogP contribution < -0.4 is 4.74 Å². The van der Waals surface area contributed by atoms with Crippen LogP contribution in [0.3, 0.4) is 0 Å². The van der Waals surface area contributed by atoms with Gasteiger partial charge in [0.15, 0.2) is 5.78 Å². The topological polar surface area (TPSA) is 39.4 Å². The third kappa shape index (κ3) is 3.05. The Kier molecular flexibility index (Phi) is 4.05.